The van der Waals surface area contributed by atoms with E-state index in [1.807, 2.05) is 6.08 Å². The van der Waals surface area contributed by atoms with Gasteiger partial charge >= 0.3 is 0 Å². The Balaban J connectivity index is 2.46. The predicted octanol–water partition coefficient (Wildman–Crippen LogP) is 4.58. The van der Waals surface area contributed by atoms with Crippen LogP contribution in [-0.2, 0) is 0 Å². The van der Waals surface area contributed by atoms with Crippen molar-refractivity contribution in [1.29, 1.82) is 0 Å². The number of rotatable bonds is 4. The molecule has 0 aromatic rings. The first-order valence-corrected chi connectivity index (χ1v) is 5.78. The quantitative estimate of drug-likeness (QED) is 0.572. The summed E-state index contributed by atoms with van der Waals surface area (Å²) in [4.78, 5) is 0. The van der Waals surface area contributed by atoms with E-state index in [1.165, 1.54) is 24.8 Å². The summed E-state index contributed by atoms with van der Waals surface area (Å²) in [6, 6.07) is 0. The van der Waals surface area contributed by atoms with Gasteiger partial charge < -0.3 is 0 Å². The number of hydrogen-bond donors (Lipinski definition) is 0. The zero-order chi connectivity index (χ0) is 10.8. The highest BCUT2D eigenvalue weighted by Gasteiger charge is 2.39. The molecule has 0 radical (unpaired) electrons. The zero-order valence-corrected chi connectivity index (χ0v) is 9.97. The van der Waals surface area contributed by atoms with Crippen LogP contribution in [0, 0.1) is 17.3 Å². The van der Waals surface area contributed by atoms with Gasteiger partial charge in [-0.3, -0.25) is 0 Å². The van der Waals surface area contributed by atoms with Gasteiger partial charge in [-0.25, -0.2) is 0 Å². The van der Waals surface area contributed by atoms with E-state index in [0.717, 1.165) is 18.3 Å². The first-order valence-electron chi connectivity index (χ1n) is 5.78. The number of allylic oxidation sites excluding steroid dienone is 2. The second-order valence-corrected chi connectivity index (χ2v) is 5.40. The molecule has 2 unspecified atom stereocenters. The predicted molar refractivity (Wildman–Crippen MR) is 64.2 cm³/mol. The van der Waals surface area contributed by atoms with Gasteiger partial charge in [0, 0.05) is 0 Å². The molecule has 1 rings (SSSR count). The van der Waals surface area contributed by atoms with Crippen LogP contribution < -0.4 is 0 Å². The summed E-state index contributed by atoms with van der Waals surface area (Å²) < 4.78 is 0. The van der Waals surface area contributed by atoms with E-state index >= 15 is 0 Å². The Labute approximate surface area is 89.1 Å². The average Bonchev–Trinajstić information content (AvgIpc) is 2.39. The van der Waals surface area contributed by atoms with Gasteiger partial charge in [0.15, 0.2) is 0 Å². The highest BCUT2D eigenvalue weighted by atomic mass is 14.4. The van der Waals surface area contributed by atoms with Crippen LogP contribution >= 0.6 is 0 Å². The van der Waals surface area contributed by atoms with Crippen molar-refractivity contribution >= 4 is 0 Å². The van der Waals surface area contributed by atoms with Crippen molar-refractivity contribution in [1.82, 2.24) is 0 Å². The summed E-state index contributed by atoms with van der Waals surface area (Å²) in [5.74, 6) is 1.76. The molecular formula is C14H24. The van der Waals surface area contributed by atoms with E-state index in [4.69, 9.17) is 0 Å². The molecule has 0 heterocycles. The molecular weight excluding hydrogens is 168 g/mol. The van der Waals surface area contributed by atoms with Gasteiger partial charge in [-0.15, -0.1) is 0 Å². The van der Waals surface area contributed by atoms with Crippen LogP contribution in [0.4, 0.5) is 0 Å². The summed E-state index contributed by atoms with van der Waals surface area (Å²) in [5, 5.41) is 0. The van der Waals surface area contributed by atoms with Gasteiger partial charge in [0.1, 0.15) is 0 Å². The zero-order valence-electron chi connectivity index (χ0n) is 9.97. The Hall–Kier alpha value is -0.520. The van der Waals surface area contributed by atoms with Crippen LogP contribution in [0.5, 0.6) is 0 Å². The van der Waals surface area contributed by atoms with E-state index in [2.05, 4.69) is 33.9 Å². The normalized spacial score (nSPS) is 30.2. The molecule has 0 bridgehead atoms. The molecule has 80 valence electrons. The first-order chi connectivity index (χ1) is 6.48. The van der Waals surface area contributed by atoms with Crippen molar-refractivity contribution in [3.8, 4) is 0 Å². The van der Waals surface area contributed by atoms with Gasteiger partial charge in [-0.05, 0) is 42.9 Å². The molecule has 14 heavy (non-hydrogen) atoms. The maximum Gasteiger partial charge on any atom is -0.0282 e. The van der Waals surface area contributed by atoms with Crippen LogP contribution in [0.1, 0.15) is 46.5 Å². The lowest BCUT2D eigenvalue weighted by atomic mass is 9.74. The largest absolute Gasteiger partial charge is 0.0988 e. The summed E-state index contributed by atoms with van der Waals surface area (Å²) >= 11 is 0. The minimum Gasteiger partial charge on any atom is -0.0988 e. The van der Waals surface area contributed by atoms with Crippen LogP contribution in [-0.4, -0.2) is 0 Å². The monoisotopic (exact) mass is 192 g/mol. The van der Waals surface area contributed by atoms with Crippen molar-refractivity contribution in [2.24, 2.45) is 17.3 Å². The molecule has 0 spiro atoms. The molecule has 2 atom stereocenters. The topological polar surface area (TPSA) is 0 Å². The Kier molecular flexibility index (Phi) is 3.58. The van der Waals surface area contributed by atoms with Crippen LogP contribution in [0.3, 0.4) is 0 Å². The van der Waals surface area contributed by atoms with Gasteiger partial charge in [-0.1, -0.05) is 45.6 Å². The van der Waals surface area contributed by atoms with Crippen molar-refractivity contribution in [3.05, 3.63) is 24.8 Å². The summed E-state index contributed by atoms with van der Waals surface area (Å²) in [6.07, 6.45) is 7.12. The molecule has 0 N–H and O–H groups in total. The third kappa shape index (κ3) is 2.29. The molecule has 0 nitrogen and oxygen atoms in total. The standard InChI is InChI=1S/C14H24/c1-6-11(2)7-9-13-10-8-12(3)14(13,4)5/h6,12-13H,1-2,7-10H2,3-5H3. The molecule has 0 aliphatic heterocycles. The van der Waals surface area contributed by atoms with E-state index in [-0.39, 0.29) is 0 Å². The van der Waals surface area contributed by atoms with E-state index in [1.54, 1.807) is 0 Å². The van der Waals surface area contributed by atoms with Gasteiger partial charge in [0.25, 0.3) is 0 Å². The molecule has 0 saturated heterocycles. The fraction of sp³-hybridized carbons (Fsp3) is 0.714. The lowest BCUT2D eigenvalue weighted by Gasteiger charge is -2.31. The fourth-order valence-corrected chi connectivity index (χ4v) is 2.58. The Morgan fingerprint density at radius 2 is 2.07 bits per heavy atom. The Bertz CT molecular complexity index is 222. The molecule has 1 saturated carbocycles. The van der Waals surface area contributed by atoms with Crippen molar-refractivity contribution in [2.45, 2.75) is 46.5 Å². The second kappa shape index (κ2) is 4.33. The number of hydrogen-bond acceptors (Lipinski definition) is 0. The lowest BCUT2D eigenvalue weighted by Crippen LogP contribution is -2.23. The minimum atomic E-state index is 0.529. The smallest absolute Gasteiger partial charge is 0.0282 e. The lowest BCUT2D eigenvalue weighted by molar-refractivity contribution is 0.189. The average molecular weight is 192 g/mol. The maximum atomic E-state index is 3.98. The third-order valence-electron chi connectivity index (χ3n) is 4.37. The Morgan fingerprint density at radius 3 is 2.50 bits per heavy atom. The molecule has 0 amide bonds. The second-order valence-electron chi connectivity index (χ2n) is 5.40. The molecule has 0 aromatic heterocycles. The molecule has 1 aliphatic carbocycles. The summed E-state index contributed by atoms with van der Waals surface area (Å²) in [7, 11) is 0. The highest BCUT2D eigenvalue weighted by molar-refractivity contribution is 5.11. The molecule has 0 aromatic carbocycles. The van der Waals surface area contributed by atoms with E-state index in [0.29, 0.717) is 5.41 Å². The minimum absolute atomic E-state index is 0.529. The molecule has 1 fully saturated rings. The van der Waals surface area contributed by atoms with E-state index < -0.39 is 0 Å². The summed E-state index contributed by atoms with van der Waals surface area (Å²) in [5.41, 5.74) is 1.72. The van der Waals surface area contributed by atoms with Crippen molar-refractivity contribution < 1.29 is 0 Å². The molecule has 1 aliphatic rings. The first kappa shape index (κ1) is 11.6. The van der Waals surface area contributed by atoms with Crippen molar-refractivity contribution in [2.75, 3.05) is 0 Å². The van der Waals surface area contributed by atoms with Gasteiger partial charge in [0.2, 0.25) is 0 Å². The maximum absolute atomic E-state index is 3.98. The van der Waals surface area contributed by atoms with Crippen LogP contribution in [0.15, 0.2) is 24.8 Å². The van der Waals surface area contributed by atoms with E-state index in [9.17, 15) is 0 Å². The van der Waals surface area contributed by atoms with Crippen LogP contribution in [0.2, 0.25) is 0 Å². The molecule has 0 heteroatoms. The fourth-order valence-electron chi connectivity index (χ4n) is 2.58. The summed E-state index contributed by atoms with van der Waals surface area (Å²) in [6.45, 7) is 15.0. The van der Waals surface area contributed by atoms with Gasteiger partial charge in [0.05, 0.1) is 0 Å². The highest BCUT2D eigenvalue weighted by Crippen LogP contribution is 2.49. The Morgan fingerprint density at radius 1 is 1.43 bits per heavy atom. The van der Waals surface area contributed by atoms with Crippen molar-refractivity contribution in [3.63, 3.8) is 0 Å². The van der Waals surface area contributed by atoms with Crippen LogP contribution in [0.25, 0.3) is 0 Å². The third-order valence-corrected chi connectivity index (χ3v) is 4.37. The van der Waals surface area contributed by atoms with Gasteiger partial charge in [-0.2, -0.15) is 0 Å². The SMILES string of the molecule is C=CC(=C)CCC1CCC(C)C1(C)C.